The topological polar surface area (TPSA) is 54.9 Å². The number of fused-ring (bicyclic) bond motifs is 1. The number of likely N-dealkylation sites (tertiary alicyclic amines) is 1. The molecule has 3 heterocycles. The Bertz CT molecular complexity index is 1180. The molecule has 1 aliphatic carbocycles. The van der Waals surface area contributed by atoms with Gasteiger partial charge in [0.25, 0.3) is 5.91 Å². The molecule has 0 atom stereocenters. The standard InChI is InChI=1S/C30H35N3O3S/c34-28(21-35-20-22-8-3-1-4-9-22)33-17-7-10-27-29(33)31-30(37-27)23-11-13-25(14-12-23)36-26-18-24(19-26)32-15-5-2-6-16-32/h1,3-4,8-9,11-14,24,26H,2,5-7,10,15-21H2. The van der Waals surface area contributed by atoms with Crippen LogP contribution in [0.3, 0.4) is 0 Å². The maximum atomic E-state index is 12.9. The molecule has 1 saturated carbocycles. The van der Waals surface area contributed by atoms with E-state index >= 15 is 0 Å². The van der Waals surface area contributed by atoms with Gasteiger partial charge < -0.3 is 14.4 Å². The number of hydrogen-bond donors (Lipinski definition) is 0. The number of aromatic nitrogens is 1. The number of anilines is 1. The van der Waals surface area contributed by atoms with Crippen molar-refractivity contribution in [2.75, 3.05) is 31.1 Å². The number of ether oxygens (including phenoxy) is 2. The molecule has 0 unspecified atom stereocenters. The molecule has 2 aliphatic heterocycles. The van der Waals surface area contributed by atoms with Crippen molar-refractivity contribution >= 4 is 23.1 Å². The third kappa shape index (κ3) is 5.74. The van der Waals surface area contributed by atoms with E-state index in [2.05, 4.69) is 29.2 Å². The van der Waals surface area contributed by atoms with Gasteiger partial charge in [0.05, 0.1) is 6.61 Å². The quantitative estimate of drug-likeness (QED) is 0.384. The van der Waals surface area contributed by atoms with Crippen LogP contribution in [0.2, 0.25) is 0 Å². The van der Waals surface area contributed by atoms with E-state index in [9.17, 15) is 4.79 Å². The largest absolute Gasteiger partial charge is 0.490 e. The number of benzene rings is 2. The molecule has 6 nitrogen and oxygen atoms in total. The normalized spacial score (nSPS) is 21.8. The summed E-state index contributed by atoms with van der Waals surface area (Å²) in [6.07, 6.45) is 8.59. The fraction of sp³-hybridized carbons (Fsp3) is 0.467. The van der Waals surface area contributed by atoms with Crippen molar-refractivity contribution in [2.24, 2.45) is 0 Å². The van der Waals surface area contributed by atoms with Crippen molar-refractivity contribution in [3.63, 3.8) is 0 Å². The zero-order valence-electron chi connectivity index (χ0n) is 21.3. The average Bonchev–Trinajstić information content (AvgIpc) is 3.36. The third-order valence-electron chi connectivity index (χ3n) is 7.74. The summed E-state index contributed by atoms with van der Waals surface area (Å²) >= 11 is 1.69. The maximum Gasteiger partial charge on any atom is 0.254 e. The van der Waals surface area contributed by atoms with E-state index in [1.54, 1.807) is 16.2 Å². The van der Waals surface area contributed by atoms with E-state index in [1.165, 1.54) is 37.2 Å². The van der Waals surface area contributed by atoms with Crippen LogP contribution in [0.15, 0.2) is 54.6 Å². The lowest BCUT2D eigenvalue weighted by Gasteiger charge is -2.44. The predicted molar refractivity (Wildman–Crippen MR) is 147 cm³/mol. The smallest absolute Gasteiger partial charge is 0.254 e. The summed E-state index contributed by atoms with van der Waals surface area (Å²) in [6.45, 7) is 3.70. The number of carbonyl (C=O) groups excluding carboxylic acids is 1. The Kier molecular flexibility index (Phi) is 7.53. The second kappa shape index (κ2) is 11.3. The fourth-order valence-corrected chi connectivity index (χ4v) is 6.69. The van der Waals surface area contributed by atoms with Gasteiger partial charge in [-0.15, -0.1) is 11.3 Å². The van der Waals surface area contributed by atoms with E-state index in [0.717, 1.165) is 53.4 Å². The Labute approximate surface area is 223 Å². The van der Waals surface area contributed by atoms with Gasteiger partial charge in [-0.1, -0.05) is 36.8 Å². The minimum atomic E-state index is -0.0270. The molecule has 1 saturated heterocycles. The number of rotatable bonds is 8. The second-order valence-electron chi connectivity index (χ2n) is 10.4. The summed E-state index contributed by atoms with van der Waals surface area (Å²) in [5.41, 5.74) is 2.14. The molecule has 2 fully saturated rings. The van der Waals surface area contributed by atoms with Crippen LogP contribution in [0.1, 0.15) is 49.0 Å². The summed E-state index contributed by atoms with van der Waals surface area (Å²) in [4.78, 5) is 23.5. The average molecular weight is 518 g/mol. The van der Waals surface area contributed by atoms with Crippen LogP contribution < -0.4 is 9.64 Å². The van der Waals surface area contributed by atoms with E-state index < -0.39 is 0 Å². The van der Waals surface area contributed by atoms with Crippen LogP contribution >= 0.6 is 11.3 Å². The molecule has 6 rings (SSSR count). The summed E-state index contributed by atoms with van der Waals surface area (Å²) in [6, 6.07) is 19.0. The number of thiazole rings is 1. The molecule has 1 aromatic heterocycles. The van der Waals surface area contributed by atoms with E-state index in [4.69, 9.17) is 14.5 Å². The molecule has 2 aromatic carbocycles. The van der Waals surface area contributed by atoms with E-state index in [1.807, 2.05) is 30.3 Å². The summed E-state index contributed by atoms with van der Waals surface area (Å²) in [5.74, 6) is 1.71. The van der Waals surface area contributed by atoms with Gasteiger partial charge in [0, 0.05) is 35.9 Å². The molecule has 0 radical (unpaired) electrons. The molecule has 7 heteroatoms. The minimum absolute atomic E-state index is 0.0270. The fourth-order valence-electron chi connectivity index (χ4n) is 5.58. The summed E-state index contributed by atoms with van der Waals surface area (Å²) in [7, 11) is 0. The first-order valence-electron chi connectivity index (χ1n) is 13.7. The van der Waals surface area contributed by atoms with Crippen LogP contribution in [-0.4, -0.2) is 54.2 Å². The zero-order valence-corrected chi connectivity index (χ0v) is 22.1. The van der Waals surface area contributed by atoms with Gasteiger partial charge in [-0.3, -0.25) is 9.69 Å². The highest BCUT2D eigenvalue weighted by molar-refractivity contribution is 7.15. The van der Waals surface area contributed by atoms with Crippen LogP contribution in [0.25, 0.3) is 10.6 Å². The van der Waals surface area contributed by atoms with E-state index in [-0.39, 0.29) is 12.5 Å². The lowest BCUT2D eigenvalue weighted by molar-refractivity contribution is -0.123. The monoisotopic (exact) mass is 517 g/mol. The van der Waals surface area contributed by atoms with Crippen molar-refractivity contribution in [3.05, 3.63) is 65.0 Å². The van der Waals surface area contributed by atoms with Gasteiger partial charge in [-0.25, -0.2) is 4.98 Å². The van der Waals surface area contributed by atoms with Crippen molar-refractivity contribution in [2.45, 2.75) is 63.7 Å². The molecule has 0 bridgehead atoms. The van der Waals surface area contributed by atoms with Crippen LogP contribution in [0, 0.1) is 0 Å². The Morgan fingerprint density at radius 3 is 2.51 bits per heavy atom. The van der Waals surface area contributed by atoms with Gasteiger partial charge in [0.1, 0.15) is 29.3 Å². The van der Waals surface area contributed by atoms with E-state index in [0.29, 0.717) is 25.3 Å². The molecular formula is C30H35N3O3S. The molecule has 3 aromatic rings. The third-order valence-corrected chi connectivity index (χ3v) is 8.89. The van der Waals surface area contributed by atoms with Gasteiger partial charge in [0.2, 0.25) is 0 Å². The molecular weight excluding hydrogens is 482 g/mol. The van der Waals surface area contributed by atoms with Crippen LogP contribution in [-0.2, 0) is 22.6 Å². The number of hydrogen-bond acceptors (Lipinski definition) is 6. The Morgan fingerprint density at radius 2 is 1.73 bits per heavy atom. The number of amides is 1. The first-order valence-corrected chi connectivity index (χ1v) is 14.5. The zero-order chi connectivity index (χ0) is 25.0. The number of piperidine rings is 1. The maximum absolute atomic E-state index is 12.9. The molecule has 0 N–H and O–H groups in total. The Balaban J connectivity index is 1.04. The first-order chi connectivity index (χ1) is 18.2. The van der Waals surface area contributed by atoms with Crippen LogP contribution in [0.4, 0.5) is 5.82 Å². The molecule has 37 heavy (non-hydrogen) atoms. The van der Waals surface area contributed by atoms with Crippen molar-refractivity contribution in [3.8, 4) is 16.3 Å². The minimum Gasteiger partial charge on any atom is -0.490 e. The SMILES string of the molecule is O=C(COCc1ccccc1)N1CCCc2sc(-c3ccc(OC4CC(N5CCCCC5)C4)cc3)nc21. The highest BCUT2D eigenvalue weighted by atomic mass is 32.1. The van der Waals surface area contributed by atoms with Gasteiger partial charge in [-0.05, 0) is 68.6 Å². The van der Waals surface area contributed by atoms with Crippen LogP contribution in [0.5, 0.6) is 5.75 Å². The molecule has 1 amide bonds. The molecule has 0 spiro atoms. The molecule has 194 valence electrons. The highest BCUT2D eigenvalue weighted by Gasteiger charge is 2.35. The van der Waals surface area contributed by atoms with Crippen molar-refractivity contribution < 1.29 is 14.3 Å². The summed E-state index contributed by atoms with van der Waals surface area (Å²) in [5, 5.41) is 0.954. The summed E-state index contributed by atoms with van der Waals surface area (Å²) < 4.78 is 12.0. The van der Waals surface area contributed by atoms with Crippen molar-refractivity contribution in [1.29, 1.82) is 0 Å². The number of nitrogens with zero attached hydrogens (tertiary/aromatic N) is 3. The van der Waals surface area contributed by atoms with Gasteiger partial charge >= 0.3 is 0 Å². The highest BCUT2D eigenvalue weighted by Crippen LogP contribution is 2.38. The van der Waals surface area contributed by atoms with Gasteiger partial charge in [-0.2, -0.15) is 0 Å². The van der Waals surface area contributed by atoms with Gasteiger partial charge in [0.15, 0.2) is 0 Å². The predicted octanol–water partition coefficient (Wildman–Crippen LogP) is 5.70. The molecule has 3 aliphatic rings. The lowest BCUT2D eigenvalue weighted by Crippen LogP contribution is -2.50. The van der Waals surface area contributed by atoms with Crippen molar-refractivity contribution in [1.82, 2.24) is 9.88 Å². The second-order valence-corrected chi connectivity index (χ2v) is 11.5. The lowest BCUT2D eigenvalue weighted by atomic mass is 9.86. The Hall–Kier alpha value is -2.74. The first kappa shape index (κ1) is 24.6. The number of aryl methyl sites for hydroxylation is 1. The Morgan fingerprint density at radius 1 is 0.946 bits per heavy atom. The number of carbonyl (C=O) groups is 1.